The van der Waals surface area contributed by atoms with E-state index in [0.717, 1.165) is 25.7 Å². The van der Waals surface area contributed by atoms with Gasteiger partial charge in [0, 0.05) is 5.92 Å². The molecule has 1 saturated carbocycles. The van der Waals surface area contributed by atoms with Gasteiger partial charge in [0.25, 0.3) is 0 Å². The molecule has 3 rings (SSSR count). The minimum absolute atomic E-state index is 0.0526. The van der Waals surface area contributed by atoms with Crippen LogP contribution in [0, 0.1) is 5.92 Å². The maximum Gasteiger partial charge on any atom is 0.200 e. The fourth-order valence-corrected chi connectivity index (χ4v) is 4.23. The Kier molecular flexibility index (Phi) is 4.37. The van der Waals surface area contributed by atoms with Crippen LogP contribution in [0.25, 0.3) is 0 Å². The molecule has 4 nitrogen and oxygen atoms in total. The Hall–Kier alpha value is -0.160. The third-order valence-electron chi connectivity index (χ3n) is 5.37. The molecule has 116 valence electrons. The summed E-state index contributed by atoms with van der Waals surface area (Å²) in [6.45, 7) is 2.21. The van der Waals surface area contributed by atoms with Crippen molar-refractivity contribution in [2.75, 3.05) is 0 Å². The van der Waals surface area contributed by atoms with Crippen LogP contribution in [0.4, 0.5) is 0 Å². The van der Waals surface area contributed by atoms with Gasteiger partial charge in [-0.3, -0.25) is 0 Å². The molecule has 0 aromatic heterocycles. The third-order valence-corrected chi connectivity index (χ3v) is 5.37. The van der Waals surface area contributed by atoms with E-state index in [9.17, 15) is 10.2 Å². The Bertz CT molecular complexity index is 334. The van der Waals surface area contributed by atoms with Crippen LogP contribution >= 0.6 is 0 Å². The van der Waals surface area contributed by atoms with Crippen LogP contribution in [0.1, 0.15) is 64.7 Å². The summed E-state index contributed by atoms with van der Waals surface area (Å²) >= 11 is 0. The molecule has 0 amide bonds. The molecule has 2 bridgehead atoms. The molecule has 2 N–H and O–H groups in total. The van der Waals surface area contributed by atoms with E-state index in [4.69, 9.17) is 9.47 Å². The van der Waals surface area contributed by atoms with E-state index in [-0.39, 0.29) is 18.1 Å². The van der Waals surface area contributed by atoms with Gasteiger partial charge in [-0.1, -0.05) is 32.6 Å². The summed E-state index contributed by atoms with van der Waals surface area (Å²) in [5.74, 6) is -0.959. The van der Waals surface area contributed by atoms with Crippen molar-refractivity contribution in [2.24, 2.45) is 5.92 Å². The topological polar surface area (TPSA) is 58.9 Å². The summed E-state index contributed by atoms with van der Waals surface area (Å²) in [5, 5.41) is 20.6. The molecular weight excluding hydrogens is 256 g/mol. The first-order valence-electron chi connectivity index (χ1n) is 8.39. The highest BCUT2D eigenvalue weighted by Crippen LogP contribution is 2.51. The monoisotopic (exact) mass is 284 g/mol. The van der Waals surface area contributed by atoms with Crippen LogP contribution in [-0.2, 0) is 9.47 Å². The minimum atomic E-state index is -0.907. The lowest BCUT2D eigenvalue weighted by atomic mass is 9.75. The SMILES string of the molecule is CCCCCC[C@@H]1O[C@]23O[C@H]1CC[C@H]2[C@@H](O)CC[C@H]3O. The molecule has 6 atom stereocenters. The molecule has 2 heterocycles. The Morgan fingerprint density at radius 3 is 2.65 bits per heavy atom. The average molecular weight is 284 g/mol. The molecule has 3 fully saturated rings. The maximum atomic E-state index is 10.4. The number of unbranched alkanes of at least 4 members (excludes halogenated alkanes) is 3. The average Bonchev–Trinajstić information content (AvgIpc) is 2.73. The second kappa shape index (κ2) is 5.91. The van der Waals surface area contributed by atoms with Crippen LogP contribution in [-0.4, -0.2) is 40.4 Å². The molecule has 1 aliphatic carbocycles. The third kappa shape index (κ3) is 2.41. The number of ether oxygens (including phenoxy) is 2. The normalized spacial score (nSPS) is 47.2. The number of hydrogen-bond acceptors (Lipinski definition) is 4. The summed E-state index contributed by atoms with van der Waals surface area (Å²) in [4.78, 5) is 0. The van der Waals surface area contributed by atoms with Gasteiger partial charge in [0.05, 0.1) is 18.3 Å². The van der Waals surface area contributed by atoms with Crippen molar-refractivity contribution >= 4 is 0 Å². The van der Waals surface area contributed by atoms with Gasteiger partial charge < -0.3 is 19.7 Å². The molecule has 0 aromatic carbocycles. The molecule has 1 spiro atoms. The molecule has 2 aliphatic heterocycles. The molecule has 0 radical (unpaired) electrons. The van der Waals surface area contributed by atoms with E-state index in [2.05, 4.69) is 6.92 Å². The van der Waals surface area contributed by atoms with Crippen molar-refractivity contribution in [1.82, 2.24) is 0 Å². The lowest BCUT2D eigenvalue weighted by Gasteiger charge is -2.47. The van der Waals surface area contributed by atoms with Crippen molar-refractivity contribution in [3.05, 3.63) is 0 Å². The summed E-state index contributed by atoms with van der Waals surface area (Å²) < 4.78 is 12.3. The van der Waals surface area contributed by atoms with Crippen LogP contribution in [0.15, 0.2) is 0 Å². The van der Waals surface area contributed by atoms with Crippen LogP contribution in [0.5, 0.6) is 0 Å². The number of aliphatic hydroxyl groups is 2. The Morgan fingerprint density at radius 2 is 1.85 bits per heavy atom. The zero-order valence-corrected chi connectivity index (χ0v) is 12.5. The summed E-state index contributed by atoms with van der Waals surface area (Å²) in [6, 6.07) is 0. The smallest absolute Gasteiger partial charge is 0.200 e. The zero-order valence-electron chi connectivity index (χ0n) is 12.5. The van der Waals surface area contributed by atoms with E-state index in [1.165, 1.54) is 19.3 Å². The molecule has 4 heteroatoms. The molecule has 2 saturated heterocycles. The summed E-state index contributed by atoms with van der Waals surface area (Å²) in [6.07, 6.45) is 8.28. The number of hydrogen-bond donors (Lipinski definition) is 2. The van der Waals surface area contributed by atoms with Crippen molar-refractivity contribution < 1.29 is 19.7 Å². The van der Waals surface area contributed by atoms with Crippen molar-refractivity contribution in [3.63, 3.8) is 0 Å². The molecule has 3 aliphatic rings. The second-order valence-corrected chi connectivity index (χ2v) is 6.73. The molecular formula is C16H28O4. The summed E-state index contributed by atoms with van der Waals surface area (Å²) in [7, 11) is 0. The highest BCUT2D eigenvalue weighted by atomic mass is 16.8. The van der Waals surface area contributed by atoms with Crippen LogP contribution in [0.3, 0.4) is 0 Å². The quantitative estimate of drug-likeness (QED) is 0.761. The first kappa shape index (κ1) is 14.8. The first-order chi connectivity index (χ1) is 9.67. The molecule has 20 heavy (non-hydrogen) atoms. The van der Waals surface area contributed by atoms with Crippen LogP contribution in [0.2, 0.25) is 0 Å². The summed E-state index contributed by atoms with van der Waals surface area (Å²) in [5.41, 5.74) is 0. The fraction of sp³-hybridized carbons (Fsp3) is 1.00. The number of aliphatic hydroxyl groups excluding tert-OH is 2. The van der Waals surface area contributed by atoms with Crippen molar-refractivity contribution in [3.8, 4) is 0 Å². The standard InChI is InChI=1S/C16H28O4/c1-2-3-4-5-6-13-14-9-7-11-12(17)8-10-15(18)16(11,19-13)20-14/h11-15,17-18H,2-10H2,1H3/t11-,12-,13-,14-,15+,16-/m0/s1. The van der Waals surface area contributed by atoms with Gasteiger partial charge in [-0.2, -0.15) is 0 Å². The fourth-order valence-electron chi connectivity index (χ4n) is 4.23. The van der Waals surface area contributed by atoms with Gasteiger partial charge in [-0.25, -0.2) is 0 Å². The van der Waals surface area contributed by atoms with E-state index in [1.807, 2.05) is 0 Å². The van der Waals surface area contributed by atoms with Crippen molar-refractivity contribution in [2.45, 2.75) is 94.9 Å². The van der Waals surface area contributed by atoms with Gasteiger partial charge in [-0.05, 0) is 32.1 Å². The molecule has 0 unspecified atom stereocenters. The Morgan fingerprint density at radius 1 is 1.00 bits per heavy atom. The Labute approximate surface area is 121 Å². The van der Waals surface area contributed by atoms with E-state index in [0.29, 0.717) is 12.8 Å². The highest BCUT2D eigenvalue weighted by molar-refractivity contribution is 5.04. The number of fused-ring (bicyclic) bond motifs is 1. The molecule has 0 aromatic rings. The Balaban J connectivity index is 1.65. The zero-order chi connectivity index (χ0) is 14.2. The predicted molar refractivity (Wildman–Crippen MR) is 75.2 cm³/mol. The maximum absolute atomic E-state index is 10.4. The van der Waals surface area contributed by atoms with Gasteiger partial charge in [0.15, 0.2) is 0 Å². The van der Waals surface area contributed by atoms with Crippen LogP contribution < -0.4 is 0 Å². The highest BCUT2D eigenvalue weighted by Gasteiger charge is 2.62. The van der Waals surface area contributed by atoms with Gasteiger partial charge in [0.1, 0.15) is 6.10 Å². The predicted octanol–water partition coefficient (Wildman–Crippen LogP) is 2.36. The van der Waals surface area contributed by atoms with Gasteiger partial charge >= 0.3 is 0 Å². The lowest BCUT2D eigenvalue weighted by molar-refractivity contribution is -0.307. The lowest BCUT2D eigenvalue weighted by Crippen LogP contribution is -2.59. The van der Waals surface area contributed by atoms with Gasteiger partial charge in [-0.15, -0.1) is 0 Å². The van der Waals surface area contributed by atoms with Gasteiger partial charge in [0.2, 0.25) is 5.79 Å². The minimum Gasteiger partial charge on any atom is -0.393 e. The number of rotatable bonds is 5. The van der Waals surface area contributed by atoms with E-state index >= 15 is 0 Å². The largest absolute Gasteiger partial charge is 0.393 e. The van der Waals surface area contributed by atoms with E-state index < -0.39 is 18.0 Å². The first-order valence-corrected chi connectivity index (χ1v) is 8.39. The second-order valence-electron chi connectivity index (χ2n) is 6.73. The van der Waals surface area contributed by atoms with E-state index in [1.54, 1.807) is 0 Å². The van der Waals surface area contributed by atoms with Crippen molar-refractivity contribution in [1.29, 1.82) is 0 Å².